The third-order valence-electron chi connectivity index (χ3n) is 5.35. The van der Waals surface area contributed by atoms with Crippen LogP contribution in [-0.4, -0.2) is 24.1 Å². The number of carbonyl (C=O) groups excluding carboxylic acids is 3. The van der Waals surface area contributed by atoms with Crippen molar-refractivity contribution in [2.75, 3.05) is 11.4 Å². The van der Waals surface area contributed by atoms with Gasteiger partial charge in [-0.3, -0.25) is 19.8 Å². The number of hydrazine groups is 1. The minimum absolute atomic E-state index is 0.293. The number of nitrogens with zero attached hydrogens (tertiary/aromatic N) is 1. The molecule has 0 radical (unpaired) electrons. The molecular weight excluding hydrogens is 358 g/mol. The summed E-state index contributed by atoms with van der Waals surface area (Å²) in [5.74, 6) is 3.33. The van der Waals surface area contributed by atoms with Crippen LogP contribution in [-0.2, 0) is 9.59 Å². The Bertz CT molecular complexity index is 925. The summed E-state index contributed by atoms with van der Waals surface area (Å²) in [6, 6.07) is 14.2. The Hall–Kier alpha value is -3.19. The number of hydrogen-bond donors (Lipinski definition) is 2. The van der Waals surface area contributed by atoms with E-state index in [9.17, 15) is 14.4 Å². The molecule has 1 aliphatic heterocycles. The van der Waals surface area contributed by atoms with Gasteiger partial charge in [-0.15, -0.1) is 0 Å². The van der Waals surface area contributed by atoms with Gasteiger partial charge in [-0.1, -0.05) is 24.6 Å². The molecule has 1 saturated carbocycles. The van der Waals surface area contributed by atoms with Gasteiger partial charge in [0.05, 0.1) is 5.69 Å². The Morgan fingerprint density at radius 2 is 1.86 bits per heavy atom. The minimum Gasteiger partial charge on any atom is -0.457 e. The van der Waals surface area contributed by atoms with E-state index < -0.39 is 23.5 Å². The van der Waals surface area contributed by atoms with E-state index in [1.54, 1.807) is 35.2 Å². The molecule has 4 rings (SSSR count). The number of ether oxygens (including phenoxy) is 1. The highest BCUT2D eigenvalue weighted by molar-refractivity contribution is 6.31. The monoisotopic (exact) mass is 379 g/mol. The van der Waals surface area contributed by atoms with Crippen LogP contribution in [0.25, 0.3) is 0 Å². The maximum atomic E-state index is 12.9. The number of ketones is 1. The Labute approximate surface area is 162 Å². The van der Waals surface area contributed by atoms with Crippen LogP contribution in [0.15, 0.2) is 48.5 Å². The van der Waals surface area contributed by atoms with Gasteiger partial charge in [-0.25, -0.2) is 5.84 Å². The highest BCUT2D eigenvalue weighted by Gasteiger charge is 2.44. The van der Waals surface area contributed by atoms with Gasteiger partial charge >= 0.3 is 0 Å². The lowest BCUT2D eigenvalue weighted by molar-refractivity contribution is -0.132. The average Bonchev–Trinajstić information content (AvgIpc) is 2.67. The third-order valence-corrected chi connectivity index (χ3v) is 5.35. The number of rotatable bonds is 5. The molecule has 144 valence electrons. The molecule has 0 spiro atoms. The Balaban J connectivity index is 1.71. The lowest BCUT2D eigenvalue weighted by atomic mass is 9.83. The van der Waals surface area contributed by atoms with E-state index in [2.05, 4.69) is 0 Å². The van der Waals surface area contributed by atoms with Crippen molar-refractivity contribution in [1.29, 1.82) is 0 Å². The second kappa shape index (κ2) is 7.44. The summed E-state index contributed by atoms with van der Waals surface area (Å²) in [6.45, 7) is 0.492. The number of hydrogen-bond acceptors (Lipinski definition) is 5. The number of para-hydroxylation sites is 1. The van der Waals surface area contributed by atoms with Crippen molar-refractivity contribution in [3.63, 3.8) is 0 Å². The average molecular weight is 379 g/mol. The number of fused-ring (bicyclic) bond motifs is 1. The first-order valence-electron chi connectivity index (χ1n) is 9.31. The van der Waals surface area contributed by atoms with E-state index in [0.29, 0.717) is 35.2 Å². The molecule has 0 bridgehead atoms. The Morgan fingerprint density at radius 1 is 1.11 bits per heavy atom. The molecule has 1 atom stereocenters. The van der Waals surface area contributed by atoms with E-state index in [-0.39, 0.29) is 0 Å². The predicted octanol–water partition coefficient (Wildman–Crippen LogP) is 2.41. The maximum Gasteiger partial charge on any atom is 0.254 e. The van der Waals surface area contributed by atoms with E-state index in [4.69, 9.17) is 10.6 Å². The molecular formula is C21H21N3O4. The first-order chi connectivity index (χ1) is 13.6. The first kappa shape index (κ1) is 18.2. The molecule has 2 aromatic rings. The van der Waals surface area contributed by atoms with Gasteiger partial charge < -0.3 is 9.64 Å². The van der Waals surface area contributed by atoms with Crippen LogP contribution in [0.4, 0.5) is 5.69 Å². The topological polar surface area (TPSA) is 102 Å². The molecule has 1 aliphatic carbocycles. The zero-order valence-electron chi connectivity index (χ0n) is 15.3. The summed E-state index contributed by atoms with van der Waals surface area (Å²) >= 11 is 0. The fourth-order valence-corrected chi connectivity index (χ4v) is 3.61. The molecule has 7 nitrogen and oxygen atoms in total. The number of amides is 2. The number of nitrogens with two attached hydrogens (primary N) is 1. The lowest BCUT2D eigenvalue weighted by Crippen LogP contribution is -2.53. The summed E-state index contributed by atoms with van der Waals surface area (Å²) in [6.07, 6.45) is 3.21. The van der Waals surface area contributed by atoms with E-state index in [1.165, 1.54) is 0 Å². The largest absolute Gasteiger partial charge is 0.457 e. The standard InChI is InChI=1S/C21H21N3O4/c22-23-20(26)18-19(25)16-11-15(28-14-7-2-1-3-8-14)9-10-17(16)24(21(18)27)12-13-5-4-6-13/h1-3,7-11,13,18H,4-6,12,22H2,(H,23,26). The Kier molecular flexibility index (Phi) is 4.83. The van der Waals surface area contributed by atoms with Gasteiger partial charge in [0.1, 0.15) is 11.5 Å². The van der Waals surface area contributed by atoms with Gasteiger partial charge in [0.15, 0.2) is 11.7 Å². The SMILES string of the molecule is NNC(=O)C1C(=O)c2cc(Oc3ccccc3)ccc2N(CC2CCC2)C1=O. The first-order valence-corrected chi connectivity index (χ1v) is 9.31. The van der Waals surface area contributed by atoms with Crippen LogP contribution in [0.2, 0.25) is 0 Å². The number of Topliss-reactive ketones (excluding diaryl/α,β-unsaturated/α-hetero) is 1. The quantitative estimate of drug-likeness (QED) is 0.360. The number of benzene rings is 2. The molecule has 2 amide bonds. The lowest BCUT2D eigenvalue weighted by Gasteiger charge is -2.37. The van der Waals surface area contributed by atoms with Crippen molar-refractivity contribution in [2.45, 2.75) is 19.3 Å². The highest BCUT2D eigenvalue weighted by Crippen LogP contribution is 2.37. The zero-order valence-corrected chi connectivity index (χ0v) is 15.3. The fourth-order valence-electron chi connectivity index (χ4n) is 3.61. The molecule has 0 aromatic heterocycles. The molecule has 0 saturated heterocycles. The summed E-state index contributed by atoms with van der Waals surface area (Å²) < 4.78 is 5.81. The molecule has 3 N–H and O–H groups in total. The van der Waals surface area contributed by atoms with Crippen LogP contribution >= 0.6 is 0 Å². The van der Waals surface area contributed by atoms with Gasteiger partial charge in [0.2, 0.25) is 5.91 Å². The number of nitrogens with one attached hydrogen (secondary N) is 1. The molecule has 1 heterocycles. The van der Waals surface area contributed by atoms with Gasteiger partial charge in [-0.05, 0) is 49.1 Å². The van der Waals surface area contributed by atoms with Gasteiger partial charge in [-0.2, -0.15) is 0 Å². The van der Waals surface area contributed by atoms with Crippen LogP contribution in [0.1, 0.15) is 29.6 Å². The molecule has 1 unspecified atom stereocenters. The summed E-state index contributed by atoms with van der Waals surface area (Å²) in [5, 5.41) is 0. The second-order valence-electron chi connectivity index (χ2n) is 7.15. The second-order valence-corrected chi connectivity index (χ2v) is 7.15. The van der Waals surface area contributed by atoms with E-state index in [0.717, 1.165) is 19.3 Å². The Morgan fingerprint density at radius 3 is 2.50 bits per heavy atom. The van der Waals surface area contributed by atoms with Crippen molar-refractivity contribution in [1.82, 2.24) is 5.43 Å². The van der Waals surface area contributed by atoms with Crippen molar-refractivity contribution in [3.8, 4) is 11.5 Å². The molecule has 2 aliphatic rings. The van der Waals surface area contributed by atoms with Crippen molar-refractivity contribution in [2.24, 2.45) is 17.7 Å². The summed E-state index contributed by atoms with van der Waals surface area (Å²) in [4.78, 5) is 39.5. The van der Waals surface area contributed by atoms with Crippen LogP contribution in [0.5, 0.6) is 11.5 Å². The van der Waals surface area contributed by atoms with Crippen molar-refractivity contribution < 1.29 is 19.1 Å². The van der Waals surface area contributed by atoms with Gasteiger partial charge in [0, 0.05) is 12.1 Å². The van der Waals surface area contributed by atoms with Gasteiger partial charge in [0.25, 0.3) is 5.91 Å². The normalized spacial score (nSPS) is 19.0. The van der Waals surface area contributed by atoms with E-state index >= 15 is 0 Å². The maximum absolute atomic E-state index is 12.9. The molecule has 28 heavy (non-hydrogen) atoms. The third kappa shape index (κ3) is 3.25. The number of carbonyl (C=O) groups is 3. The summed E-state index contributed by atoms with van der Waals surface area (Å²) in [5.41, 5.74) is 2.75. The number of anilines is 1. The smallest absolute Gasteiger partial charge is 0.254 e. The van der Waals surface area contributed by atoms with Crippen LogP contribution < -0.4 is 20.9 Å². The van der Waals surface area contributed by atoms with Crippen LogP contribution in [0, 0.1) is 11.8 Å². The minimum atomic E-state index is -1.47. The summed E-state index contributed by atoms with van der Waals surface area (Å²) in [7, 11) is 0. The molecule has 2 aromatic carbocycles. The predicted molar refractivity (Wildman–Crippen MR) is 103 cm³/mol. The van der Waals surface area contributed by atoms with Crippen molar-refractivity contribution >= 4 is 23.3 Å². The highest BCUT2D eigenvalue weighted by atomic mass is 16.5. The van der Waals surface area contributed by atoms with Crippen LogP contribution in [0.3, 0.4) is 0 Å². The molecule has 1 fully saturated rings. The zero-order chi connectivity index (χ0) is 19.7. The fraction of sp³-hybridized carbons (Fsp3) is 0.286. The van der Waals surface area contributed by atoms with Crippen molar-refractivity contribution in [3.05, 3.63) is 54.1 Å². The molecule has 7 heteroatoms. The van der Waals surface area contributed by atoms with E-state index in [1.807, 2.05) is 23.6 Å².